The first kappa shape index (κ1) is 12.8. The van der Waals surface area contributed by atoms with Gasteiger partial charge in [0.05, 0.1) is 0 Å². The largest absolute Gasteiger partial charge is 0.481 e. The van der Waals surface area contributed by atoms with Gasteiger partial charge >= 0.3 is 0 Å². The summed E-state index contributed by atoms with van der Waals surface area (Å²) in [5.41, 5.74) is 7.06. The first-order valence-electron chi connectivity index (χ1n) is 5.18. The number of primary amides is 1. The van der Waals surface area contributed by atoms with Crippen LogP contribution in [-0.4, -0.2) is 12.0 Å². The molecule has 0 saturated carbocycles. The van der Waals surface area contributed by atoms with Crippen molar-refractivity contribution in [2.45, 2.75) is 33.3 Å². The lowest BCUT2D eigenvalue weighted by molar-refractivity contribution is -0.124. The van der Waals surface area contributed by atoms with E-state index in [-0.39, 0.29) is 0 Å². The van der Waals surface area contributed by atoms with E-state index in [0.717, 1.165) is 16.1 Å². The van der Waals surface area contributed by atoms with Gasteiger partial charge in [0, 0.05) is 5.02 Å². The number of hydrogen-bond acceptors (Lipinski definition) is 2. The van der Waals surface area contributed by atoms with Crippen LogP contribution in [0.4, 0.5) is 0 Å². The second kappa shape index (κ2) is 5.21. The number of carbonyl (C=O) groups is 1. The molecule has 0 saturated heterocycles. The smallest absolute Gasteiger partial charge is 0.258 e. The van der Waals surface area contributed by atoms with E-state index in [1.165, 1.54) is 0 Å². The number of hydrogen-bond donors (Lipinski definition) is 1. The molecular formula is C12H16ClNO2. The van der Waals surface area contributed by atoms with Crippen molar-refractivity contribution in [1.29, 1.82) is 0 Å². The molecule has 1 aromatic carbocycles. The van der Waals surface area contributed by atoms with Crippen molar-refractivity contribution in [2.75, 3.05) is 0 Å². The maximum Gasteiger partial charge on any atom is 0.258 e. The van der Waals surface area contributed by atoms with Crippen LogP contribution in [0.3, 0.4) is 0 Å². The van der Waals surface area contributed by atoms with Gasteiger partial charge in [-0.25, -0.2) is 0 Å². The van der Waals surface area contributed by atoms with Crippen molar-refractivity contribution >= 4 is 17.5 Å². The molecular weight excluding hydrogens is 226 g/mol. The van der Waals surface area contributed by atoms with Gasteiger partial charge in [-0.15, -0.1) is 0 Å². The van der Waals surface area contributed by atoms with E-state index in [0.29, 0.717) is 12.2 Å². The molecule has 4 heteroatoms. The van der Waals surface area contributed by atoms with Crippen molar-refractivity contribution in [2.24, 2.45) is 5.73 Å². The fraction of sp³-hybridized carbons (Fsp3) is 0.417. The van der Waals surface area contributed by atoms with E-state index < -0.39 is 12.0 Å². The molecule has 0 aliphatic rings. The average Bonchev–Trinajstić information content (AvgIpc) is 2.21. The minimum Gasteiger partial charge on any atom is -0.481 e. The summed E-state index contributed by atoms with van der Waals surface area (Å²) in [6.07, 6.45) is -0.0317. The first-order chi connectivity index (χ1) is 7.45. The van der Waals surface area contributed by atoms with Crippen LogP contribution in [0.1, 0.15) is 24.5 Å². The lowest BCUT2D eigenvalue weighted by Gasteiger charge is -2.15. The summed E-state index contributed by atoms with van der Waals surface area (Å²) in [5.74, 6) is 0.179. The second-order valence-corrected chi connectivity index (χ2v) is 4.17. The van der Waals surface area contributed by atoms with Gasteiger partial charge in [0.25, 0.3) is 5.91 Å². The second-order valence-electron chi connectivity index (χ2n) is 3.79. The van der Waals surface area contributed by atoms with E-state index in [2.05, 4.69) is 0 Å². The molecule has 1 atom stereocenters. The van der Waals surface area contributed by atoms with Gasteiger partial charge in [-0.05, 0) is 43.5 Å². The van der Waals surface area contributed by atoms with Crippen LogP contribution in [0.5, 0.6) is 5.75 Å². The number of ether oxygens (including phenoxy) is 1. The van der Waals surface area contributed by atoms with E-state index in [1.54, 1.807) is 12.1 Å². The monoisotopic (exact) mass is 241 g/mol. The lowest BCUT2D eigenvalue weighted by atomic mass is 10.1. The molecule has 16 heavy (non-hydrogen) atoms. The van der Waals surface area contributed by atoms with Gasteiger partial charge in [-0.1, -0.05) is 18.5 Å². The van der Waals surface area contributed by atoms with Crippen molar-refractivity contribution in [1.82, 2.24) is 0 Å². The molecule has 0 spiro atoms. The zero-order valence-electron chi connectivity index (χ0n) is 9.71. The Kier molecular flexibility index (Phi) is 4.19. The Morgan fingerprint density at radius 1 is 1.44 bits per heavy atom. The highest BCUT2D eigenvalue weighted by molar-refractivity contribution is 6.32. The predicted molar refractivity (Wildman–Crippen MR) is 64.8 cm³/mol. The van der Waals surface area contributed by atoms with Crippen molar-refractivity contribution in [3.8, 4) is 5.75 Å². The van der Waals surface area contributed by atoms with Crippen LogP contribution in [0.15, 0.2) is 12.1 Å². The molecule has 88 valence electrons. The molecule has 0 aliphatic heterocycles. The van der Waals surface area contributed by atoms with Gasteiger partial charge < -0.3 is 10.5 Å². The Hall–Kier alpha value is -1.22. The fourth-order valence-electron chi connectivity index (χ4n) is 1.48. The number of aryl methyl sites for hydroxylation is 2. The summed E-state index contributed by atoms with van der Waals surface area (Å²) < 4.78 is 5.51. The Morgan fingerprint density at radius 2 is 1.94 bits per heavy atom. The minimum absolute atomic E-state index is 0.451. The van der Waals surface area contributed by atoms with Gasteiger partial charge in [-0.3, -0.25) is 4.79 Å². The number of amides is 1. The number of benzene rings is 1. The summed E-state index contributed by atoms with van der Waals surface area (Å²) in [6.45, 7) is 5.64. The highest BCUT2D eigenvalue weighted by Gasteiger charge is 2.15. The number of carbonyl (C=O) groups excluding carboxylic acids is 1. The van der Waals surface area contributed by atoms with Crippen LogP contribution >= 0.6 is 11.6 Å². The van der Waals surface area contributed by atoms with Crippen LogP contribution in [0.2, 0.25) is 5.02 Å². The summed E-state index contributed by atoms with van der Waals surface area (Å²) in [4.78, 5) is 11.0. The highest BCUT2D eigenvalue weighted by Crippen LogP contribution is 2.26. The average molecular weight is 242 g/mol. The standard InChI is InChI=1S/C12H16ClNO2/c1-4-10(12(14)15)16-9-5-7(2)11(13)8(3)6-9/h5-6,10H,4H2,1-3H3,(H2,14,15). The van der Waals surface area contributed by atoms with Gasteiger partial charge in [0.15, 0.2) is 6.10 Å². The number of rotatable bonds is 4. The first-order valence-corrected chi connectivity index (χ1v) is 5.56. The maximum atomic E-state index is 11.0. The van der Waals surface area contributed by atoms with Gasteiger partial charge in [0.1, 0.15) is 5.75 Å². The van der Waals surface area contributed by atoms with E-state index in [4.69, 9.17) is 22.1 Å². The molecule has 0 aliphatic carbocycles. The topological polar surface area (TPSA) is 52.3 Å². The minimum atomic E-state index is -0.583. The fourth-order valence-corrected chi connectivity index (χ4v) is 1.59. The molecule has 0 bridgehead atoms. The summed E-state index contributed by atoms with van der Waals surface area (Å²) in [7, 11) is 0. The van der Waals surface area contributed by atoms with Crippen LogP contribution in [0, 0.1) is 13.8 Å². The third-order valence-electron chi connectivity index (χ3n) is 2.38. The van der Waals surface area contributed by atoms with Crippen molar-refractivity contribution in [3.05, 3.63) is 28.3 Å². The molecule has 0 heterocycles. The molecule has 2 N–H and O–H groups in total. The molecule has 0 fully saturated rings. The molecule has 1 unspecified atom stereocenters. The van der Waals surface area contributed by atoms with Crippen LogP contribution < -0.4 is 10.5 Å². The predicted octanol–water partition coefficient (Wildman–Crippen LogP) is 2.60. The highest BCUT2D eigenvalue weighted by atomic mass is 35.5. The quantitative estimate of drug-likeness (QED) is 0.881. The van der Waals surface area contributed by atoms with Gasteiger partial charge in [-0.2, -0.15) is 0 Å². The molecule has 1 rings (SSSR count). The van der Waals surface area contributed by atoms with Crippen molar-refractivity contribution < 1.29 is 9.53 Å². The number of halogens is 1. The van der Waals surface area contributed by atoms with Crippen LogP contribution in [0.25, 0.3) is 0 Å². The van der Waals surface area contributed by atoms with E-state index in [1.807, 2.05) is 20.8 Å². The SMILES string of the molecule is CCC(Oc1cc(C)c(Cl)c(C)c1)C(N)=O. The summed E-state index contributed by atoms with van der Waals surface area (Å²) >= 11 is 6.04. The third kappa shape index (κ3) is 2.89. The molecule has 1 aromatic rings. The Morgan fingerprint density at radius 3 is 2.31 bits per heavy atom. The van der Waals surface area contributed by atoms with Crippen LogP contribution in [-0.2, 0) is 4.79 Å². The zero-order chi connectivity index (χ0) is 12.3. The Labute approximate surface area is 101 Å². The van der Waals surface area contributed by atoms with E-state index in [9.17, 15) is 4.79 Å². The maximum absolute atomic E-state index is 11.0. The summed E-state index contributed by atoms with van der Waals surface area (Å²) in [5, 5.41) is 0.722. The Bertz CT molecular complexity index is 381. The molecule has 3 nitrogen and oxygen atoms in total. The molecule has 1 amide bonds. The normalized spacial score (nSPS) is 12.2. The summed E-state index contributed by atoms with van der Waals surface area (Å²) in [6, 6.07) is 3.61. The van der Waals surface area contributed by atoms with Gasteiger partial charge in [0.2, 0.25) is 0 Å². The lowest BCUT2D eigenvalue weighted by Crippen LogP contribution is -2.33. The molecule has 0 radical (unpaired) electrons. The Balaban J connectivity index is 2.93. The van der Waals surface area contributed by atoms with Crippen molar-refractivity contribution in [3.63, 3.8) is 0 Å². The third-order valence-corrected chi connectivity index (χ3v) is 2.97. The zero-order valence-corrected chi connectivity index (χ0v) is 10.5. The number of nitrogens with two attached hydrogens (primary N) is 1. The van der Waals surface area contributed by atoms with E-state index >= 15 is 0 Å². The molecule has 0 aromatic heterocycles.